The molecule has 2 nitrogen and oxygen atoms in total. The Morgan fingerprint density at radius 2 is 0.848 bits per heavy atom. The van der Waals surface area contributed by atoms with Gasteiger partial charge >= 0.3 is 8.56 Å². The molecule has 3 heteroatoms. The molecule has 184 valence electrons. The molecule has 1 N–H and O–H groups in total. The van der Waals surface area contributed by atoms with E-state index in [1.54, 1.807) is 0 Å². The third-order valence-electron chi connectivity index (χ3n) is 6.64. The standard InChI is InChI=1S/C30H48O2Si/c1-2-3-4-5-6-7-8-9-10-11-12-13-14-15-16-23-28-32-33(31,29-24-19-17-20-25-29)30-26-21-18-22-27-30/h17-22,24-27,31H,2-16,23,28H2,1H3. The van der Waals surface area contributed by atoms with Gasteiger partial charge in [-0.1, -0.05) is 164 Å². The third kappa shape index (κ3) is 11.5. The van der Waals surface area contributed by atoms with Crippen LogP contribution in [0.15, 0.2) is 60.7 Å². The molecule has 2 rings (SSSR count). The first kappa shape index (κ1) is 27.8. The molecular formula is C30H48O2Si. The smallest absolute Gasteiger partial charge is 0.404 e. The van der Waals surface area contributed by atoms with Gasteiger partial charge in [0.05, 0.1) is 0 Å². The lowest BCUT2D eigenvalue weighted by Gasteiger charge is -2.25. The van der Waals surface area contributed by atoms with E-state index in [0.29, 0.717) is 6.61 Å². The molecule has 0 aliphatic heterocycles. The summed E-state index contributed by atoms with van der Waals surface area (Å²) in [5.74, 6) is 0. The molecule has 0 unspecified atom stereocenters. The van der Waals surface area contributed by atoms with Crippen molar-refractivity contribution in [3.05, 3.63) is 60.7 Å². The fourth-order valence-electron chi connectivity index (χ4n) is 4.53. The van der Waals surface area contributed by atoms with Crippen LogP contribution < -0.4 is 10.4 Å². The first-order chi connectivity index (χ1) is 16.3. The predicted molar refractivity (Wildman–Crippen MR) is 146 cm³/mol. The van der Waals surface area contributed by atoms with E-state index in [-0.39, 0.29) is 0 Å². The van der Waals surface area contributed by atoms with E-state index in [1.165, 1.54) is 96.3 Å². The monoisotopic (exact) mass is 468 g/mol. The van der Waals surface area contributed by atoms with Crippen LogP contribution in [0.2, 0.25) is 0 Å². The molecule has 0 heterocycles. The van der Waals surface area contributed by atoms with Gasteiger partial charge in [0, 0.05) is 6.61 Å². The topological polar surface area (TPSA) is 29.5 Å². The van der Waals surface area contributed by atoms with Crippen molar-refractivity contribution in [2.45, 2.75) is 110 Å². The van der Waals surface area contributed by atoms with E-state index < -0.39 is 8.56 Å². The number of hydrogen-bond acceptors (Lipinski definition) is 2. The van der Waals surface area contributed by atoms with Crippen LogP contribution in [0.4, 0.5) is 0 Å². The minimum absolute atomic E-state index is 0.630. The minimum Gasteiger partial charge on any atom is -0.404 e. The Labute approximate surface area is 205 Å². The minimum atomic E-state index is -3.11. The van der Waals surface area contributed by atoms with E-state index in [4.69, 9.17) is 4.43 Å². The zero-order valence-corrected chi connectivity index (χ0v) is 22.1. The van der Waals surface area contributed by atoms with Crippen molar-refractivity contribution in [2.24, 2.45) is 0 Å². The summed E-state index contributed by atoms with van der Waals surface area (Å²) >= 11 is 0. The zero-order valence-electron chi connectivity index (χ0n) is 21.1. The lowest BCUT2D eigenvalue weighted by molar-refractivity contribution is 0.246. The van der Waals surface area contributed by atoms with Crippen molar-refractivity contribution in [3.8, 4) is 0 Å². The molecule has 2 aromatic rings. The molecular weight excluding hydrogens is 420 g/mol. The summed E-state index contributed by atoms with van der Waals surface area (Å²) in [6.45, 7) is 2.92. The zero-order chi connectivity index (χ0) is 23.5. The van der Waals surface area contributed by atoms with Crippen LogP contribution in [0.25, 0.3) is 0 Å². The molecule has 0 saturated heterocycles. The summed E-state index contributed by atoms with van der Waals surface area (Å²) in [7, 11) is -3.11. The first-order valence-electron chi connectivity index (χ1n) is 13.7. The maximum absolute atomic E-state index is 11.5. The summed E-state index contributed by atoms with van der Waals surface area (Å²) in [4.78, 5) is 11.5. The van der Waals surface area contributed by atoms with Gasteiger partial charge in [-0.25, -0.2) is 0 Å². The van der Waals surface area contributed by atoms with Crippen molar-refractivity contribution < 1.29 is 9.22 Å². The third-order valence-corrected chi connectivity index (χ3v) is 9.49. The molecule has 0 aromatic heterocycles. The van der Waals surface area contributed by atoms with Crippen molar-refractivity contribution >= 4 is 18.9 Å². The highest BCUT2D eigenvalue weighted by Crippen LogP contribution is 2.14. The highest BCUT2D eigenvalue weighted by molar-refractivity contribution is 6.91. The number of unbranched alkanes of at least 4 members (excludes halogenated alkanes) is 15. The van der Waals surface area contributed by atoms with Gasteiger partial charge < -0.3 is 9.22 Å². The number of benzene rings is 2. The second-order valence-electron chi connectivity index (χ2n) is 9.53. The summed E-state index contributed by atoms with van der Waals surface area (Å²) in [6, 6.07) is 19.9. The molecule has 2 aromatic carbocycles. The Bertz CT molecular complexity index is 649. The summed E-state index contributed by atoms with van der Waals surface area (Å²) < 4.78 is 6.22. The van der Waals surface area contributed by atoms with Gasteiger partial charge in [0.1, 0.15) is 0 Å². The molecule has 0 amide bonds. The van der Waals surface area contributed by atoms with Crippen molar-refractivity contribution in [1.29, 1.82) is 0 Å². The molecule has 0 radical (unpaired) electrons. The molecule has 0 atom stereocenters. The van der Waals surface area contributed by atoms with Crippen LogP contribution in [0.3, 0.4) is 0 Å². The highest BCUT2D eigenvalue weighted by Gasteiger charge is 2.38. The summed E-state index contributed by atoms with van der Waals surface area (Å²) in [5.41, 5.74) is 0. The van der Waals surface area contributed by atoms with Crippen molar-refractivity contribution in [2.75, 3.05) is 6.61 Å². The highest BCUT2D eigenvalue weighted by atomic mass is 28.4. The van der Waals surface area contributed by atoms with Gasteiger partial charge in [0.2, 0.25) is 0 Å². The summed E-state index contributed by atoms with van der Waals surface area (Å²) in [5, 5.41) is 1.85. The Morgan fingerprint density at radius 1 is 0.515 bits per heavy atom. The fraction of sp³-hybridized carbons (Fsp3) is 0.600. The van der Waals surface area contributed by atoms with E-state index in [1.807, 2.05) is 60.7 Å². The molecule has 33 heavy (non-hydrogen) atoms. The van der Waals surface area contributed by atoms with Gasteiger partial charge in [0.15, 0.2) is 0 Å². The van der Waals surface area contributed by atoms with Gasteiger partial charge in [0.25, 0.3) is 0 Å². The average molecular weight is 469 g/mol. The predicted octanol–water partition coefficient (Wildman–Crippen LogP) is 7.51. The second kappa shape index (κ2) is 18.0. The summed E-state index contributed by atoms with van der Waals surface area (Å²) in [6.07, 6.45) is 21.8. The molecule has 0 aliphatic rings. The number of hydrogen-bond donors (Lipinski definition) is 1. The molecule has 0 saturated carbocycles. The fourth-order valence-corrected chi connectivity index (χ4v) is 6.93. The lowest BCUT2D eigenvalue weighted by atomic mass is 10.0. The average Bonchev–Trinajstić information content (AvgIpc) is 2.87. The van der Waals surface area contributed by atoms with E-state index in [0.717, 1.165) is 16.8 Å². The molecule has 0 spiro atoms. The molecule has 0 bridgehead atoms. The van der Waals surface area contributed by atoms with E-state index in [2.05, 4.69) is 6.92 Å². The van der Waals surface area contributed by atoms with Crippen molar-refractivity contribution in [3.63, 3.8) is 0 Å². The van der Waals surface area contributed by atoms with Gasteiger partial charge in [-0.15, -0.1) is 0 Å². The van der Waals surface area contributed by atoms with Gasteiger partial charge in [-0.05, 0) is 16.8 Å². The van der Waals surface area contributed by atoms with Gasteiger partial charge in [-0.3, -0.25) is 0 Å². The van der Waals surface area contributed by atoms with Crippen LogP contribution in [-0.2, 0) is 4.43 Å². The second-order valence-corrected chi connectivity index (χ2v) is 12.3. The Kier molecular flexibility index (Phi) is 15.2. The normalized spacial score (nSPS) is 11.7. The van der Waals surface area contributed by atoms with E-state index in [9.17, 15) is 4.80 Å². The Balaban J connectivity index is 1.49. The maximum Gasteiger partial charge on any atom is 0.404 e. The molecule has 0 fully saturated rings. The molecule has 0 aliphatic carbocycles. The maximum atomic E-state index is 11.5. The van der Waals surface area contributed by atoms with Crippen LogP contribution >= 0.6 is 0 Å². The first-order valence-corrected chi connectivity index (χ1v) is 15.6. The largest absolute Gasteiger partial charge is 0.404 e. The quantitative estimate of drug-likeness (QED) is 0.161. The number of rotatable bonds is 20. The van der Waals surface area contributed by atoms with Crippen LogP contribution in [0.1, 0.15) is 110 Å². The lowest BCUT2D eigenvalue weighted by Crippen LogP contribution is -2.61. The Hall–Kier alpha value is -1.42. The van der Waals surface area contributed by atoms with E-state index >= 15 is 0 Å². The van der Waals surface area contributed by atoms with Crippen LogP contribution in [0.5, 0.6) is 0 Å². The SMILES string of the molecule is CCCCCCCCCCCCCCCCCCO[Si](O)(c1ccccc1)c1ccccc1. The van der Waals surface area contributed by atoms with Crippen molar-refractivity contribution in [1.82, 2.24) is 0 Å². The van der Waals surface area contributed by atoms with Crippen LogP contribution in [-0.4, -0.2) is 20.0 Å². The van der Waals surface area contributed by atoms with Gasteiger partial charge in [-0.2, -0.15) is 0 Å². The Morgan fingerprint density at radius 3 is 1.21 bits per heavy atom. The van der Waals surface area contributed by atoms with Crippen LogP contribution in [0, 0.1) is 0 Å².